The first-order chi connectivity index (χ1) is 6.62. The fraction of sp³-hybridized carbons (Fsp3) is 1.00. The van der Waals surface area contributed by atoms with Crippen LogP contribution in [0.25, 0.3) is 0 Å². The van der Waals surface area contributed by atoms with Crippen molar-refractivity contribution >= 4 is 9.84 Å². The van der Waals surface area contributed by atoms with Gasteiger partial charge >= 0.3 is 0 Å². The maximum atomic E-state index is 12.0. The third kappa shape index (κ3) is 1.68. The lowest BCUT2D eigenvalue weighted by Gasteiger charge is -2.19. The number of sulfone groups is 1. The lowest BCUT2D eigenvalue weighted by molar-refractivity contribution is 0.197. The summed E-state index contributed by atoms with van der Waals surface area (Å²) in [4.78, 5) is 0. The minimum atomic E-state index is -3.10. The summed E-state index contributed by atoms with van der Waals surface area (Å²) in [5.41, 5.74) is 0. The molecule has 0 aromatic rings. The van der Waals surface area contributed by atoms with Crippen molar-refractivity contribution in [3.63, 3.8) is 0 Å². The molecule has 5 heteroatoms. The van der Waals surface area contributed by atoms with Crippen molar-refractivity contribution in [1.29, 1.82) is 0 Å². The average molecular weight is 219 g/mol. The SMILES string of the molecule is O=S(=O)(C1CCCC1)[C@@H]1CNC[C@H]1O. The second-order valence-corrected chi connectivity index (χ2v) is 6.71. The van der Waals surface area contributed by atoms with Crippen LogP contribution < -0.4 is 5.32 Å². The van der Waals surface area contributed by atoms with Gasteiger partial charge in [0.1, 0.15) is 5.25 Å². The predicted molar refractivity (Wildman–Crippen MR) is 53.8 cm³/mol. The number of rotatable bonds is 2. The van der Waals surface area contributed by atoms with Crippen LogP contribution in [-0.2, 0) is 9.84 Å². The standard InChI is InChI=1S/C9H17NO3S/c11-8-5-10-6-9(8)14(12,13)7-3-1-2-4-7/h7-11H,1-6H2/t8-,9-/m1/s1. The highest BCUT2D eigenvalue weighted by Crippen LogP contribution is 2.29. The van der Waals surface area contributed by atoms with Crippen LogP contribution in [0.2, 0.25) is 0 Å². The molecule has 1 saturated carbocycles. The van der Waals surface area contributed by atoms with Gasteiger partial charge in [-0.2, -0.15) is 0 Å². The summed E-state index contributed by atoms with van der Waals surface area (Å²) in [5.74, 6) is 0. The Labute approximate surface area is 84.6 Å². The smallest absolute Gasteiger partial charge is 0.159 e. The first kappa shape index (κ1) is 10.4. The van der Waals surface area contributed by atoms with Gasteiger partial charge in [0.15, 0.2) is 9.84 Å². The van der Waals surface area contributed by atoms with Gasteiger partial charge in [-0.25, -0.2) is 8.42 Å². The van der Waals surface area contributed by atoms with Crippen molar-refractivity contribution < 1.29 is 13.5 Å². The van der Waals surface area contributed by atoms with Gasteiger partial charge in [-0.05, 0) is 12.8 Å². The Morgan fingerprint density at radius 3 is 2.29 bits per heavy atom. The fourth-order valence-corrected chi connectivity index (χ4v) is 4.81. The van der Waals surface area contributed by atoms with E-state index in [-0.39, 0.29) is 5.25 Å². The highest BCUT2D eigenvalue weighted by Gasteiger charge is 2.41. The molecule has 0 radical (unpaired) electrons. The largest absolute Gasteiger partial charge is 0.390 e. The first-order valence-electron chi connectivity index (χ1n) is 5.24. The summed E-state index contributed by atoms with van der Waals surface area (Å²) in [7, 11) is -3.10. The molecule has 0 aromatic heterocycles. The fourth-order valence-electron chi connectivity index (χ4n) is 2.44. The summed E-state index contributed by atoms with van der Waals surface area (Å²) < 4.78 is 24.1. The maximum Gasteiger partial charge on any atom is 0.159 e. The molecule has 14 heavy (non-hydrogen) atoms. The minimum Gasteiger partial charge on any atom is -0.390 e. The zero-order chi connectivity index (χ0) is 10.2. The molecule has 0 amide bonds. The van der Waals surface area contributed by atoms with E-state index in [0.29, 0.717) is 13.1 Å². The maximum absolute atomic E-state index is 12.0. The Hall–Kier alpha value is -0.130. The normalized spacial score (nSPS) is 35.2. The van der Waals surface area contributed by atoms with Crippen molar-refractivity contribution in [3.05, 3.63) is 0 Å². The molecule has 2 aliphatic rings. The Morgan fingerprint density at radius 1 is 1.14 bits per heavy atom. The molecule has 1 aliphatic carbocycles. The van der Waals surface area contributed by atoms with E-state index >= 15 is 0 Å². The number of hydrogen-bond acceptors (Lipinski definition) is 4. The third-order valence-corrected chi connectivity index (χ3v) is 6.04. The van der Waals surface area contributed by atoms with Gasteiger partial charge in [0, 0.05) is 13.1 Å². The van der Waals surface area contributed by atoms with E-state index in [9.17, 15) is 13.5 Å². The van der Waals surface area contributed by atoms with Gasteiger partial charge in [0.2, 0.25) is 0 Å². The van der Waals surface area contributed by atoms with Crippen LogP contribution in [0, 0.1) is 0 Å². The minimum absolute atomic E-state index is 0.193. The first-order valence-corrected chi connectivity index (χ1v) is 6.85. The molecule has 1 heterocycles. The quantitative estimate of drug-likeness (QED) is 0.668. The number of nitrogens with one attached hydrogen (secondary N) is 1. The third-order valence-electron chi connectivity index (χ3n) is 3.32. The summed E-state index contributed by atoms with van der Waals surface area (Å²) in [6.45, 7) is 0.830. The molecule has 0 aromatic carbocycles. The molecule has 2 rings (SSSR count). The molecule has 0 bridgehead atoms. The van der Waals surface area contributed by atoms with Crippen molar-refractivity contribution in [3.8, 4) is 0 Å². The zero-order valence-corrected chi connectivity index (χ0v) is 8.96. The Morgan fingerprint density at radius 2 is 1.79 bits per heavy atom. The Bertz CT molecular complexity index is 295. The van der Waals surface area contributed by atoms with Gasteiger partial charge < -0.3 is 10.4 Å². The van der Waals surface area contributed by atoms with Crippen LogP contribution >= 0.6 is 0 Å². The van der Waals surface area contributed by atoms with Crippen LogP contribution in [0.5, 0.6) is 0 Å². The number of hydrogen-bond donors (Lipinski definition) is 2. The second-order valence-electron chi connectivity index (χ2n) is 4.26. The lowest BCUT2D eigenvalue weighted by atomic mass is 10.3. The van der Waals surface area contributed by atoms with Crippen molar-refractivity contribution in [2.75, 3.05) is 13.1 Å². The molecule has 0 unspecified atom stereocenters. The number of aliphatic hydroxyl groups excluding tert-OH is 1. The number of β-amino-alcohol motifs (C(OH)–C–C–N with tert-alkyl or cyclic N) is 1. The Kier molecular flexibility index (Phi) is 2.81. The van der Waals surface area contributed by atoms with E-state index in [1.165, 1.54) is 0 Å². The van der Waals surface area contributed by atoms with Crippen LogP contribution in [0.15, 0.2) is 0 Å². The molecular formula is C9H17NO3S. The van der Waals surface area contributed by atoms with E-state index in [1.807, 2.05) is 0 Å². The average Bonchev–Trinajstić information content (AvgIpc) is 2.72. The van der Waals surface area contributed by atoms with Gasteiger partial charge in [-0.1, -0.05) is 12.8 Å². The van der Waals surface area contributed by atoms with Gasteiger partial charge in [-0.3, -0.25) is 0 Å². The van der Waals surface area contributed by atoms with E-state index in [1.54, 1.807) is 0 Å². The summed E-state index contributed by atoms with van der Waals surface area (Å²) in [6, 6.07) is 0. The highest BCUT2D eigenvalue weighted by atomic mass is 32.2. The Balaban J connectivity index is 2.14. The van der Waals surface area contributed by atoms with Gasteiger partial charge in [-0.15, -0.1) is 0 Å². The van der Waals surface area contributed by atoms with Gasteiger partial charge in [0.25, 0.3) is 0 Å². The molecule has 82 valence electrons. The van der Waals surface area contributed by atoms with Crippen molar-refractivity contribution in [1.82, 2.24) is 5.32 Å². The van der Waals surface area contributed by atoms with Crippen LogP contribution in [0.3, 0.4) is 0 Å². The monoisotopic (exact) mass is 219 g/mol. The van der Waals surface area contributed by atoms with Crippen LogP contribution in [0.4, 0.5) is 0 Å². The molecule has 2 N–H and O–H groups in total. The van der Waals surface area contributed by atoms with E-state index in [4.69, 9.17) is 0 Å². The summed E-state index contributed by atoms with van der Waals surface area (Å²) in [6.07, 6.45) is 2.89. The molecule has 0 spiro atoms. The van der Waals surface area contributed by atoms with Crippen molar-refractivity contribution in [2.45, 2.75) is 42.3 Å². The van der Waals surface area contributed by atoms with E-state index < -0.39 is 21.2 Å². The molecule has 1 saturated heterocycles. The molecule has 2 atom stereocenters. The highest BCUT2D eigenvalue weighted by molar-refractivity contribution is 7.92. The topological polar surface area (TPSA) is 66.4 Å². The second kappa shape index (κ2) is 3.79. The van der Waals surface area contributed by atoms with Crippen LogP contribution in [0.1, 0.15) is 25.7 Å². The van der Waals surface area contributed by atoms with Crippen LogP contribution in [-0.4, -0.2) is 43.2 Å². The summed E-state index contributed by atoms with van der Waals surface area (Å²) in [5, 5.41) is 11.7. The molecular weight excluding hydrogens is 202 g/mol. The molecule has 4 nitrogen and oxygen atoms in total. The predicted octanol–water partition coefficient (Wildman–Crippen LogP) is -0.324. The number of aliphatic hydroxyl groups is 1. The molecule has 1 aliphatic heterocycles. The molecule has 2 fully saturated rings. The van der Waals surface area contributed by atoms with E-state index in [2.05, 4.69) is 5.32 Å². The lowest BCUT2D eigenvalue weighted by Crippen LogP contribution is -2.38. The van der Waals surface area contributed by atoms with Gasteiger partial charge in [0.05, 0.1) is 11.4 Å². The van der Waals surface area contributed by atoms with E-state index in [0.717, 1.165) is 25.7 Å². The summed E-state index contributed by atoms with van der Waals surface area (Å²) >= 11 is 0. The van der Waals surface area contributed by atoms with Crippen molar-refractivity contribution in [2.24, 2.45) is 0 Å². The zero-order valence-electron chi connectivity index (χ0n) is 8.15.